The first-order valence-corrected chi connectivity index (χ1v) is 30.6. The molecule has 9 aliphatic carbocycles. The van der Waals surface area contributed by atoms with Crippen LogP contribution < -0.4 is 5.32 Å². The molecule has 0 bridgehead atoms. The predicted octanol–water partition coefficient (Wildman–Crippen LogP) is 18.1. The lowest BCUT2D eigenvalue weighted by Crippen LogP contribution is -2.42. The van der Waals surface area contributed by atoms with Crippen LogP contribution in [0.3, 0.4) is 0 Å². The largest absolute Gasteiger partial charge is 0.310 e. The van der Waals surface area contributed by atoms with Crippen LogP contribution in [0.2, 0.25) is 0 Å². The third kappa shape index (κ3) is 10.8. The minimum Gasteiger partial charge on any atom is -0.310 e. The fraction of sp³-hybridized carbons (Fsp3) is 0.937. The van der Waals surface area contributed by atoms with Crippen LogP contribution in [0.5, 0.6) is 0 Å². The van der Waals surface area contributed by atoms with E-state index in [4.69, 9.17) is 0 Å². The molecule has 1 nitrogen and oxygen atoms in total. The van der Waals surface area contributed by atoms with Crippen LogP contribution >= 0.6 is 0 Å². The van der Waals surface area contributed by atoms with Gasteiger partial charge in [0.15, 0.2) is 0 Å². The topological polar surface area (TPSA) is 12.0 Å². The highest BCUT2D eigenvalue weighted by atomic mass is 15.0. The van der Waals surface area contributed by atoms with Gasteiger partial charge < -0.3 is 5.32 Å². The summed E-state index contributed by atoms with van der Waals surface area (Å²) in [5.41, 5.74) is 4.11. The number of hydrogen-bond donors (Lipinski definition) is 1. The van der Waals surface area contributed by atoms with Crippen LogP contribution in [0.25, 0.3) is 0 Å². The minimum atomic E-state index is 0.831. The van der Waals surface area contributed by atoms with E-state index in [1.54, 1.807) is 116 Å². The van der Waals surface area contributed by atoms with Crippen LogP contribution in [0, 0.1) is 107 Å². The molecular formula is C63H105N. The van der Waals surface area contributed by atoms with Gasteiger partial charge in [0.2, 0.25) is 0 Å². The van der Waals surface area contributed by atoms with Crippen molar-refractivity contribution in [1.82, 2.24) is 5.32 Å². The van der Waals surface area contributed by atoms with Crippen molar-refractivity contribution in [3.05, 3.63) is 23.3 Å². The van der Waals surface area contributed by atoms with Gasteiger partial charge in [0, 0.05) is 12.1 Å². The molecule has 0 aromatic rings. The number of nitrogens with one attached hydrogen (secondary N) is 1. The Bertz CT molecular complexity index is 1510. The van der Waals surface area contributed by atoms with Gasteiger partial charge in [0.05, 0.1) is 0 Å². The van der Waals surface area contributed by atoms with Gasteiger partial charge in [-0.05, 0) is 222 Å². The standard InChI is InChI=1S/C63H105N/c1-5-42(3)48(36-43(4)57-25-9-7-8-17-45(57)6-2)29-28-44-16-12-20-49(37-44)53-32-33-56(40-53)62(47-30-31-47)55-24-14-23-52(39-55)50-21-13-22-51(38-50)54-34-35-61-60(41-54)59-27-15-19-46-18-10-11-26-58(46)63(59)64-61/h15,19,42-46,48-61,63-64H,5-14,16-18,20-41H2,1-4H3. The summed E-state index contributed by atoms with van der Waals surface area (Å²) in [6, 6.07) is 1.68. The van der Waals surface area contributed by atoms with E-state index in [0.717, 1.165) is 119 Å². The molecule has 0 spiro atoms. The van der Waals surface area contributed by atoms with E-state index in [0.29, 0.717) is 0 Å². The molecule has 10 aliphatic rings. The summed E-state index contributed by atoms with van der Waals surface area (Å²) in [5.74, 6) is 17.8. The van der Waals surface area contributed by atoms with Gasteiger partial charge in [-0.15, -0.1) is 0 Å². The number of fused-ring (bicyclic) bond motifs is 5. The van der Waals surface area contributed by atoms with Crippen LogP contribution in [-0.4, -0.2) is 12.1 Å². The summed E-state index contributed by atoms with van der Waals surface area (Å²) < 4.78 is 0. The Kier molecular flexibility index (Phi) is 16.2. The van der Waals surface area contributed by atoms with E-state index < -0.39 is 0 Å². The van der Waals surface area contributed by atoms with E-state index in [1.165, 1.54) is 109 Å². The third-order valence-electron chi connectivity index (χ3n) is 23.6. The molecule has 1 aliphatic heterocycles. The zero-order valence-corrected chi connectivity index (χ0v) is 43.0. The maximum Gasteiger partial charge on any atom is 0.0138 e. The molecule has 10 rings (SSSR count). The van der Waals surface area contributed by atoms with E-state index >= 15 is 0 Å². The molecule has 20 unspecified atom stereocenters. The Morgan fingerprint density at radius 1 is 0.594 bits per heavy atom. The van der Waals surface area contributed by atoms with Crippen molar-refractivity contribution in [2.75, 3.05) is 0 Å². The lowest BCUT2D eigenvalue weighted by Gasteiger charge is -2.44. The zero-order chi connectivity index (χ0) is 43.6. The normalized spacial score (nSPS) is 45.3. The average molecular weight is 877 g/mol. The highest BCUT2D eigenvalue weighted by Gasteiger charge is 2.51. The average Bonchev–Trinajstić information content (AvgIpc) is 4.05. The first-order valence-electron chi connectivity index (χ1n) is 30.6. The van der Waals surface area contributed by atoms with Crippen LogP contribution in [-0.2, 0) is 0 Å². The van der Waals surface area contributed by atoms with Gasteiger partial charge in [-0.3, -0.25) is 0 Å². The van der Waals surface area contributed by atoms with Gasteiger partial charge in [-0.2, -0.15) is 0 Å². The smallest absolute Gasteiger partial charge is 0.0138 e. The van der Waals surface area contributed by atoms with Crippen molar-refractivity contribution < 1.29 is 0 Å². The first-order chi connectivity index (χ1) is 31.4. The second kappa shape index (κ2) is 22.0. The molecule has 1 N–H and O–H groups in total. The fourth-order valence-corrected chi connectivity index (χ4v) is 19.8. The van der Waals surface area contributed by atoms with Crippen molar-refractivity contribution in [3.8, 4) is 0 Å². The lowest BCUT2D eigenvalue weighted by molar-refractivity contribution is 0.0791. The van der Waals surface area contributed by atoms with E-state index in [1.807, 2.05) is 5.57 Å². The van der Waals surface area contributed by atoms with Gasteiger partial charge in [0.1, 0.15) is 0 Å². The summed E-state index contributed by atoms with van der Waals surface area (Å²) >= 11 is 0. The summed E-state index contributed by atoms with van der Waals surface area (Å²) in [7, 11) is 0. The quantitative estimate of drug-likeness (QED) is 0.135. The van der Waals surface area contributed by atoms with Gasteiger partial charge in [-0.25, -0.2) is 0 Å². The molecule has 0 aromatic carbocycles. The molecule has 64 heavy (non-hydrogen) atoms. The number of rotatable bonds is 14. The second-order valence-corrected chi connectivity index (χ2v) is 26.8. The highest BCUT2D eigenvalue weighted by Crippen LogP contribution is 2.56. The number of hydrogen-bond acceptors (Lipinski definition) is 1. The molecular weight excluding hydrogens is 771 g/mol. The minimum absolute atomic E-state index is 0.831. The molecule has 0 radical (unpaired) electrons. The van der Waals surface area contributed by atoms with Gasteiger partial charge in [-0.1, -0.05) is 160 Å². The molecule has 1 heteroatoms. The molecule has 362 valence electrons. The lowest BCUT2D eigenvalue weighted by atomic mass is 9.61. The van der Waals surface area contributed by atoms with Crippen molar-refractivity contribution in [2.45, 2.75) is 265 Å². The second-order valence-electron chi connectivity index (χ2n) is 26.8. The maximum absolute atomic E-state index is 4.38. The molecule has 0 amide bonds. The Labute approximate surface area is 397 Å². The zero-order valence-electron chi connectivity index (χ0n) is 43.0. The summed E-state index contributed by atoms with van der Waals surface area (Å²) in [5, 5.41) is 4.38. The SMILES string of the molecule is CCC(C)C(CCC1CCCC(C2CCC(C(=C3CC3)C3CCCC(C4CCCC(C5CCC6NC7C8CCCCC8C=CCC7C6C5)C4)C3)C2)C1)CC(C)C1CCCCCC1CC. The van der Waals surface area contributed by atoms with Crippen LogP contribution in [0.15, 0.2) is 23.3 Å². The molecule has 20 atom stereocenters. The van der Waals surface area contributed by atoms with Crippen LogP contribution in [0.4, 0.5) is 0 Å². The molecule has 8 saturated carbocycles. The molecule has 1 heterocycles. The number of allylic oxidation sites excluding steroid dienone is 4. The molecule has 9 fully saturated rings. The first kappa shape index (κ1) is 47.1. The summed E-state index contributed by atoms with van der Waals surface area (Å²) in [6.45, 7) is 10.3. The van der Waals surface area contributed by atoms with Crippen molar-refractivity contribution in [3.63, 3.8) is 0 Å². The molecule has 0 aromatic heterocycles. The van der Waals surface area contributed by atoms with Gasteiger partial charge >= 0.3 is 0 Å². The summed E-state index contributed by atoms with van der Waals surface area (Å²) in [4.78, 5) is 0. The van der Waals surface area contributed by atoms with Gasteiger partial charge in [0.25, 0.3) is 0 Å². The Hall–Kier alpha value is -0.560. The Balaban J connectivity index is 0.712. The maximum atomic E-state index is 4.38. The van der Waals surface area contributed by atoms with E-state index in [9.17, 15) is 0 Å². The van der Waals surface area contributed by atoms with Crippen molar-refractivity contribution in [1.29, 1.82) is 0 Å². The predicted molar refractivity (Wildman–Crippen MR) is 274 cm³/mol. The highest BCUT2D eigenvalue weighted by molar-refractivity contribution is 5.30. The van der Waals surface area contributed by atoms with Crippen LogP contribution in [0.1, 0.15) is 252 Å². The monoisotopic (exact) mass is 876 g/mol. The fourth-order valence-electron chi connectivity index (χ4n) is 19.8. The third-order valence-corrected chi connectivity index (χ3v) is 23.6. The van der Waals surface area contributed by atoms with E-state index in [2.05, 4.69) is 50.7 Å². The van der Waals surface area contributed by atoms with E-state index in [-0.39, 0.29) is 0 Å². The Morgan fingerprint density at radius 3 is 2.06 bits per heavy atom. The van der Waals surface area contributed by atoms with Crippen molar-refractivity contribution >= 4 is 0 Å². The summed E-state index contributed by atoms with van der Waals surface area (Å²) in [6.07, 6.45) is 58.7. The van der Waals surface area contributed by atoms with Crippen molar-refractivity contribution in [2.24, 2.45) is 107 Å². The molecule has 1 saturated heterocycles. The Morgan fingerprint density at radius 2 is 1.27 bits per heavy atom.